The van der Waals surface area contributed by atoms with Crippen LogP contribution < -0.4 is 5.56 Å². The Kier molecular flexibility index (Phi) is 3.00. The Morgan fingerprint density at radius 1 is 1.62 bits per heavy atom. The van der Waals surface area contributed by atoms with E-state index < -0.39 is 0 Å². The summed E-state index contributed by atoms with van der Waals surface area (Å²) in [4.78, 5) is 29.3. The predicted molar refractivity (Wildman–Crippen MR) is 60.3 cm³/mol. The second-order valence-electron chi connectivity index (χ2n) is 3.16. The third-order valence-electron chi connectivity index (χ3n) is 2.02. The van der Waals surface area contributed by atoms with Gasteiger partial charge in [-0.1, -0.05) is 6.92 Å². The molecule has 0 aliphatic heterocycles. The van der Waals surface area contributed by atoms with Gasteiger partial charge in [-0.2, -0.15) is 0 Å². The summed E-state index contributed by atoms with van der Waals surface area (Å²) in [7, 11) is 0. The molecule has 2 heterocycles. The fraction of sp³-hybridized carbons (Fsp3) is 0.300. The van der Waals surface area contributed by atoms with E-state index in [9.17, 15) is 9.59 Å². The van der Waals surface area contributed by atoms with Crippen molar-refractivity contribution >= 4 is 27.5 Å². The summed E-state index contributed by atoms with van der Waals surface area (Å²) in [5.74, 6) is 0.0609. The lowest BCUT2D eigenvalue weighted by atomic mass is 10.4. The number of hydrogen-bond donors (Lipinski definition) is 1. The molecule has 0 amide bonds. The zero-order valence-electron chi connectivity index (χ0n) is 8.65. The van der Waals surface area contributed by atoms with Crippen molar-refractivity contribution < 1.29 is 9.53 Å². The van der Waals surface area contributed by atoms with Crippen molar-refractivity contribution in [1.82, 2.24) is 9.97 Å². The van der Waals surface area contributed by atoms with E-state index in [4.69, 9.17) is 4.74 Å². The Morgan fingerprint density at radius 3 is 3.19 bits per heavy atom. The van der Waals surface area contributed by atoms with E-state index >= 15 is 0 Å². The molecule has 0 unspecified atom stereocenters. The van der Waals surface area contributed by atoms with Gasteiger partial charge in [0.15, 0.2) is 0 Å². The maximum atomic E-state index is 11.5. The van der Waals surface area contributed by atoms with E-state index in [1.807, 2.05) is 0 Å². The van der Waals surface area contributed by atoms with Crippen LogP contribution in [0, 0.1) is 0 Å². The van der Waals surface area contributed by atoms with Crippen LogP contribution in [0.3, 0.4) is 0 Å². The second-order valence-corrected chi connectivity index (χ2v) is 4.08. The first-order valence-electron chi connectivity index (χ1n) is 4.82. The van der Waals surface area contributed by atoms with Gasteiger partial charge in [0, 0.05) is 6.42 Å². The normalized spacial score (nSPS) is 10.6. The summed E-state index contributed by atoms with van der Waals surface area (Å²) >= 11 is 1.34. The molecule has 16 heavy (non-hydrogen) atoms. The van der Waals surface area contributed by atoms with Crippen LogP contribution in [-0.4, -0.2) is 15.9 Å². The van der Waals surface area contributed by atoms with Crippen molar-refractivity contribution in [2.24, 2.45) is 0 Å². The molecular formula is C10H10N2O3S. The number of aromatic amines is 1. The smallest absolute Gasteiger partial charge is 0.305 e. The zero-order chi connectivity index (χ0) is 11.5. The largest absolute Gasteiger partial charge is 0.458 e. The van der Waals surface area contributed by atoms with Crippen LogP contribution in [0.4, 0.5) is 0 Å². The van der Waals surface area contributed by atoms with Gasteiger partial charge in [0.05, 0.1) is 5.52 Å². The van der Waals surface area contributed by atoms with Crippen LogP contribution in [0.1, 0.15) is 19.2 Å². The molecule has 0 bridgehead atoms. The first kappa shape index (κ1) is 10.8. The lowest BCUT2D eigenvalue weighted by molar-refractivity contribution is -0.144. The van der Waals surface area contributed by atoms with Crippen molar-refractivity contribution in [3.63, 3.8) is 0 Å². The van der Waals surface area contributed by atoms with Crippen LogP contribution in [0.25, 0.3) is 10.2 Å². The molecule has 0 saturated carbocycles. The SMILES string of the molecule is CCC(=O)OCc1nc2ccsc2c(=O)[nH]1. The number of carbonyl (C=O) groups is 1. The molecule has 0 spiro atoms. The number of hydrogen-bond acceptors (Lipinski definition) is 5. The fourth-order valence-electron chi connectivity index (χ4n) is 1.24. The molecule has 2 rings (SSSR count). The van der Waals surface area contributed by atoms with Crippen LogP contribution in [-0.2, 0) is 16.1 Å². The van der Waals surface area contributed by atoms with E-state index in [1.165, 1.54) is 11.3 Å². The molecule has 0 atom stereocenters. The van der Waals surface area contributed by atoms with Gasteiger partial charge in [-0.25, -0.2) is 4.98 Å². The quantitative estimate of drug-likeness (QED) is 0.821. The van der Waals surface area contributed by atoms with Gasteiger partial charge < -0.3 is 9.72 Å². The predicted octanol–water partition coefficient (Wildman–Crippen LogP) is 1.44. The van der Waals surface area contributed by atoms with E-state index in [2.05, 4.69) is 9.97 Å². The van der Waals surface area contributed by atoms with Crippen molar-refractivity contribution in [3.05, 3.63) is 27.6 Å². The average Bonchev–Trinajstić information content (AvgIpc) is 2.74. The number of esters is 1. The molecule has 84 valence electrons. The minimum atomic E-state index is -0.312. The molecule has 0 aliphatic rings. The van der Waals surface area contributed by atoms with E-state index in [1.54, 1.807) is 18.4 Å². The summed E-state index contributed by atoms with van der Waals surface area (Å²) in [5.41, 5.74) is 0.443. The molecule has 0 saturated heterocycles. The monoisotopic (exact) mass is 238 g/mol. The minimum Gasteiger partial charge on any atom is -0.458 e. The number of fused-ring (bicyclic) bond motifs is 1. The van der Waals surface area contributed by atoms with Crippen molar-refractivity contribution in [2.45, 2.75) is 20.0 Å². The van der Waals surface area contributed by atoms with Crippen molar-refractivity contribution in [1.29, 1.82) is 0 Å². The molecule has 0 aromatic carbocycles. The van der Waals surface area contributed by atoms with Crippen molar-refractivity contribution in [3.8, 4) is 0 Å². The van der Waals surface area contributed by atoms with Gasteiger partial charge in [-0.3, -0.25) is 9.59 Å². The van der Waals surface area contributed by atoms with Crippen molar-refractivity contribution in [2.75, 3.05) is 0 Å². The maximum Gasteiger partial charge on any atom is 0.305 e. The Morgan fingerprint density at radius 2 is 2.44 bits per heavy atom. The highest BCUT2D eigenvalue weighted by molar-refractivity contribution is 7.17. The van der Waals surface area contributed by atoms with Gasteiger partial charge in [-0.15, -0.1) is 11.3 Å². The Labute approximate surface area is 95.1 Å². The Balaban J connectivity index is 2.25. The van der Waals surface area contributed by atoms with Crippen LogP contribution in [0.15, 0.2) is 16.2 Å². The summed E-state index contributed by atoms with van der Waals surface area (Å²) in [6.45, 7) is 1.72. The molecule has 6 heteroatoms. The van der Waals surface area contributed by atoms with Crippen LogP contribution >= 0.6 is 11.3 Å². The number of nitrogens with zero attached hydrogens (tertiary/aromatic N) is 1. The topological polar surface area (TPSA) is 72.0 Å². The third-order valence-corrected chi connectivity index (χ3v) is 2.92. The molecular weight excluding hydrogens is 228 g/mol. The Bertz CT molecular complexity index is 573. The summed E-state index contributed by atoms with van der Waals surface area (Å²) in [6, 6.07) is 1.76. The molecule has 2 aromatic heterocycles. The van der Waals surface area contributed by atoms with Gasteiger partial charge in [0.25, 0.3) is 5.56 Å². The van der Waals surface area contributed by atoms with Gasteiger partial charge >= 0.3 is 5.97 Å². The highest BCUT2D eigenvalue weighted by Gasteiger charge is 2.06. The van der Waals surface area contributed by atoms with Crippen LogP contribution in [0.2, 0.25) is 0 Å². The first-order chi connectivity index (χ1) is 7.70. The summed E-state index contributed by atoms with van der Waals surface area (Å²) < 4.78 is 5.48. The minimum absolute atomic E-state index is 0.00764. The lowest BCUT2D eigenvalue weighted by Crippen LogP contribution is -2.12. The summed E-state index contributed by atoms with van der Waals surface area (Å²) in [6.07, 6.45) is 0.310. The highest BCUT2D eigenvalue weighted by atomic mass is 32.1. The second kappa shape index (κ2) is 4.44. The molecule has 0 fully saturated rings. The standard InChI is InChI=1S/C10H10N2O3S/c1-2-8(13)15-5-7-11-6-3-4-16-9(6)10(14)12-7/h3-4H,2,5H2,1H3,(H,11,12,14). The molecule has 0 aliphatic carbocycles. The molecule has 2 aromatic rings. The number of H-pyrrole nitrogens is 1. The molecule has 1 N–H and O–H groups in total. The fourth-order valence-corrected chi connectivity index (χ4v) is 1.97. The number of carbonyl (C=O) groups excluding carboxylic acids is 1. The number of ether oxygens (including phenoxy) is 1. The third kappa shape index (κ3) is 2.11. The lowest BCUT2D eigenvalue weighted by Gasteiger charge is -2.02. The number of rotatable bonds is 3. The Hall–Kier alpha value is -1.69. The van der Waals surface area contributed by atoms with E-state index in [0.717, 1.165) is 0 Å². The number of nitrogens with one attached hydrogen (secondary N) is 1. The molecule has 5 nitrogen and oxygen atoms in total. The zero-order valence-corrected chi connectivity index (χ0v) is 9.47. The van der Waals surface area contributed by atoms with Crippen LogP contribution in [0.5, 0.6) is 0 Å². The van der Waals surface area contributed by atoms with E-state index in [-0.39, 0.29) is 18.1 Å². The van der Waals surface area contributed by atoms with Gasteiger partial charge in [-0.05, 0) is 11.4 Å². The van der Waals surface area contributed by atoms with E-state index in [0.29, 0.717) is 22.5 Å². The first-order valence-corrected chi connectivity index (χ1v) is 5.70. The number of aromatic nitrogens is 2. The highest BCUT2D eigenvalue weighted by Crippen LogP contribution is 2.13. The molecule has 0 radical (unpaired) electrons. The van der Waals surface area contributed by atoms with Gasteiger partial charge in [0.1, 0.15) is 17.1 Å². The maximum absolute atomic E-state index is 11.5. The number of thiophene rings is 1. The summed E-state index contributed by atoms with van der Waals surface area (Å²) in [5, 5.41) is 1.80. The van der Waals surface area contributed by atoms with Gasteiger partial charge in [0.2, 0.25) is 0 Å². The average molecular weight is 238 g/mol.